The summed E-state index contributed by atoms with van der Waals surface area (Å²) in [6.07, 6.45) is 0. The molecule has 0 bridgehead atoms. The van der Waals surface area contributed by atoms with Gasteiger partial charge in [0.1, 0.15) is 0 Å². The molecule has 0 N–H and O–H groups in total. The molecule has 0 nitrogen and oxygen atoms in total. The van der Waals surface area contributed by atoms with Crippen LogP contribution in [0.3, 0.4) is 0 Å². The van der Waals surface area contributed by atoms with E-state index in [1.165, 1.54) is 65.0 Å². The molecule has 28 heavy (non-hydrogen) atoms. The summed E-state index contributed by atoms with van der Waals surface area (Å²) in [5.74, 6) is 0. The van der Waals surface area contributed by atoms with E-state index >= 15 is 0 Å². The van der Waals surface area contributed by atoms with Gasteiger partial charge >= 0.3 is 0 Å². The summed E-state index contributed by atoms with van der Waals surface area (Å²) in [5, 5.41) is 13.3. The van der Waals surface area contributed by atoms with Crippen molar-refractivity contribution in [3.05, 3.63) is 96.1 Å². The van der Waals surface area contributed by atoms with E-state index in [-0.39, 0.29) is 0 Å². The first-order valence-corrected chi connectivity index (χ1v) is 9.87. The lowest BCUT2D eigenvalue weighted by Gasteiger charge is -2.12. The number of aryl methyl sites for hydroxylation is 2. The third kappa shape index (κ3) is 2.12. The van der Waals surface area contributed by atoms with Crippen molar-refractivity contribution in [1.82, 2.24) is 0 Å². The predicted molar refractivity (Wildman–Crippen MR) is 123 cm³/mol. The molecule has 0 aliphatic carbocycles. The average molecular weight is 356 g/mol. The van der Waals surface area contributed by atoms with Crippen molar-refractivity contribution in [2.24, 2.45) is 0 Å². The third-order valence-electron chi connectivity index (χ3n) is 6.14. The summed E-state index contributed by atoms with van der Waals surface area (Å²) >= 11 is 0. The van der Waals surface area contributed by atoms with Gasteiger partial charge in [-0.2, -0.15) is 0 Å². The van der Waals surface area contributed by atoms with Gasteiger partial charge in [-0.1, -0.05) is 96.1 Å². The fourth-order valence-electron chi connectivity index (χ4n) is 4.72. The van der Waals surface area contributed by atoms with Crippen molar-refractivity contribution in [3.63, 3.8) is 0 Å². The first kappa shape index (κ1) is 15.7. The van der Waals surface area contributed by atoms with Crippen LogP contribution >= 0.6 is 0 Å². The van der Waals surface area contributed by atoms with E-state index in [2.05, 4.69) is 98.8 Å². The molecule has 6 aromatic rings. The number of rotatable bonds is 0. The minimum Gasteiger partial charge on any atom is -0.0587 e. The molecule has 0 aliphatic rings. The van der Waals surface area contributed by atoms with Crippen molar-refractivity contribution < 1.29 is 0 Å². The van der Waals surface area contributed by atoms with Crippen LogP contribution in [-0.4, -0.2) is 0 Å². The minimum atomic E-state index is 1.31. The Bertz CT molecular complexity index is 1450. The van der Waals surface area contributed by atoms with Crippen LogP contribution in [0.4, 0.5) is 0 Å². The number of fused-ring (bicyclic) bond motifs is 9. The van der Waals surface area contributed by atoms with Crippen molar-refractivity contribution in [1.29, 1.82) is 0 Å². The second-order valence-electron chi connectivity index (χ2n) is 8.00. The lowest BCUT2D eigenvalue weighted by Crippen LogP contribution is -1.85. The summed E-state index contributed by atoms with van der Waals surface area (Å²) in [6, 6.07) is 31.7. The number of benzene rings is 6. The maximum absolute atomic E-state index is 2.31. The van der Waals surface area contributed by atoms with Crippen LogP contribution in [0.15, 0.2) is 84.9 Å². The molecule has 6 aromatic carbocycles. The summed E-state index contributed by atoms with van der Waals surface area (Å²) in [7, 11) is 0. The zero-order valence-electron chi connectivity index (χ0n) is 16.1. The van der Waals surface area contributed by atoms with Crippen molar-refractivity contribution in [3.8, 4) is 0 Å². The van der Waals surface area contributed by atoms with Crippen LogP contribution in [0.2, 0.25) is 0 Å². The summed E-state index contributed by atoms with van der Waals surface area (Å²) < 4.78 is 0. The molecule has 6 rings (SSSR count). The van der Waals surface area contributed by atoms with Gasteiger partial charge in [0.25, 0.3) is 0 Å². The number of hydrogen-bond acceptors (Lipinski definition) is 0. The van der Waals surface area contributed by atoms with Gasteiger partial charge in [-0.3, -0.25) is 0 Å². The second-order valence-corrected chi connectivity index (χ2v) is 8.00. The fraction of sp³-hybridized carbons (Fsp3) is 0.0714. The standard InChI is InChI=1S/C28H20/c1-17-3-5-19-7-9-21-23-12-14-26-22(24(23)11-13-25(21)27(19)15-17)10-8-20-6-4-18(2)16-28(20)26/h3-16H,1-2H3. The van der Waals surface area contributed by atoms with Gasteiger partial charge in [0.15, 0.2) is 0 Å². The SMILES string of the molecule is Cc1ccc2ccc3c(ccc4c5ccc6ccc(C)cc6c5ccc34)c2c1. The molecule has 0 aliphatic heterocycles. The first-order chi connectivity index (χ1) is 13.7. The Hall–Kier alpha value is -3.38. The van der Waals surface area contributed by atoms with Gasteiger partial charge in [-0.25, -0.2) is 0 Å². The predicted octanol–water partition coefficient (Wildman–Crippen LogP) is 8.07. The van der Waals surface area contributed by atoms with Crippen LogP contribution in [0.1, 0.15) is 11.1 Å². The zero-order valence-corrected chi connectivity index (χ0v) is 16.1. The Labute approximate surface area is 164 Å². The minimum absolute atomic E-state index is 1.31. The fourth-order valence-corrected chi connectivity index (χ4v) is 4.72. The molecule has 0 spiro atoms. The molecule has 0 amide bonds. The molecular weight excluding hydrogens is 336 g/mol. The Morgan fingerprint density at radius 1 is 0.321 bits per heavy atom. The molecule has 0 heteroatoms. The smallest absolute Gasteiger partial charge is 0.00987 e. The molecule has 132 valence electrons. The quantitative estimate of drug-likeness (QED) is 0.241. The van der Waals surface area contributed by atoms with E-state index in [0.29, 0.717) is 0 Å². The van der Waals surface area contributed by atoms with Crippen LogP contribution in [-0.2, 0) is 0 Å². The second kappa shape index (κ2) is 5.56. The van der Waals surface area contributed by atoms with E-state index in [0.717, 1.165) is 0 Å². The molecule has 0 atom stereocenters. The molecule has 0 radical (unpaired) electrons. The maximum atomic E-state index is 2.31. The van der Waals surface area contributed by atoms with Gasteiger partial charge in [0.05, 0.1) is 0 Å². The van der Waals surface area contributed by atoms with E-state index in [1.54, 1.807) is 0 Å². The Kier molecular flexibility index (Phi) is 3.11. The molecular formula is C28H20. The lowest BCUT2D eigenvalue weighted by molar-refractivity contribution is 1.51. The first-order valence-electron chi connectivity index (χ1n) is 9.87. The van der Waals surface area contributed by atoms with Gasteiger partial charge in [0, 0.05) is 0 Å². The highest BCUT2D eigenvalue weighted by Gasteiger charge is 2.09. The van der Waals surface area contributed by atoms with E-state index < -0.39 is 0 Å². The summed E-state index contributed by atoms with van der Waals surface area (Å²) in [5.41, 5.74) is 2.61. The Morgan fingerprint density at radius 3 is 1.00 bits per heavy atom. The molecule has 0 saturated heterocycles. The molecule has 0 heterocycles. The third-order valence-corrected chi connectivity index (χ3v) is 6.14. The van der Waals surface area contributed by atoms with Crippen molar-refractivity contribution in [2.45, 2.75) is 13.8 Å². The van der Waals surface area contributed by atoms with Crippen LogP contribution in [0.5, 0.6) is 0 Å². The molecule has 0 aromatic heterocycles. The van der Waals surface area contributed by atoms with Crippen LogP contribution < -0.4 is 0 Å². The van der Waals surface area contributed by atoms with E-state index in [4.69, 9.17) is 0 Å². The maximum Gasteiger partial charge on any atom is -0.00987 e. The van der Waals surface area contributed by atoms with Crippen LogP contribution in [0.25, 0.3) is 53.9 Å². The monoisotopic (exact) mass is 356 g/mol. The van der Waals surface area contributed by atoms with Crippen molar-refractivity contribution >= 4 is 53.9 Å². The largest absolute Gasteiger partial charge is 0.0587 e. The van der Waals surface area contributed by atoms with Crippen molar-refractivity contribution in [2.75, 3.05) is 0 Å². The summed E-state index contributed by atoms with van der Waals surface area (Å²) in [4.78, 5) is 0. The highest BCUT2D eigenvalue weighted by atomic mass is 14.1. The van der Waals surface area contributed by atoms with Gasteiger partial charge < -0.3 is 0 Å². The van der Waals surface area contributed by atoms with E-state index in [1.807, 2.05) is 0 Å². The number of hydrogen-bond donors (Lipinski definition) is 0. The lowest BCUT2D eigenvalue weighted by atomic mass is 9.92. The Balaban J connectivity index is 1.79. The van der Waals surface area contributed by atoms with Crippen LogP contribution in [0, 0.1) is 13.8 Å². The van der Waals surface area contributed by atoms with Gasteiger partial charge in [-0.05, 0) is 67.7 Å². The highest BCUT2D eigenvalue weighted by Crippen LogP contribution is 2.37. The normalized spacial score (nSPS) is 11.9. The summed E-state index contributed by atoms with van der Waals surface area (Å²) in [6.45, 7) is 4.33. The molecule has 0 unspecified atom stereocenters. The van der Waals surface area contributed by atoms with Gasteiger partial charge in [0.2, 0.25) is 0 Å². The highest BCUT2D eigenvalue weighted by molar-refractivity contribution is 6.25. The topological polar surface area (TPSA) is 0 Å². The molecule has 0 saturated carbocycles. The Morgan fingerprint density at radius 2 is 0.607 bits per heavy atom. The average Bonchev–Trinajstić information content (AvgIpc) is 2.72. The zero-order chi connectivity index (χ0) is 18.8. The molecule has 0 fully saturated rings. The van der Waals surface area contributed by atoms with Gasteiger partial charge in [-0.15, -0.1) is 0 Å². The van der Waals surface area contributed by atoms with E-state index in [9.17, 15) is 0 Å².